The molecule has 88 valence electrons. The van der Waals surface area contributed by atoms with Crippen LogP contribution >= 0.6 is 0 Å². The van der Waals surface area contributed by atoms with Crippen molar-refractivity contribution in [3.63, 3.8) is 0 Å². The summed E-state index contributed by atoms with van der Waals surface area (Å²) in [5.74, 6) is -0.867. The molecule has 1 unspecified atom stereocenters. The van der Waals surface area contributed by atoms with Gasteiger partial charge in [-0.05, 0) is 37.8 Å². The lowest BCUT2D eigenvalue weighted by atomic mass is 9.88. The summed E-state index contributed by atoms with van der Waals surface area (Å²) in [6.45, 7) is 3.07. The predicted molar refractivity (Wildman–Crippen MR) is 58.0 cm³/mol. The van der Waals surface area contributed by atoms with Gasteiger partial charge in [-0.25, -0.2) is 8.78 Å². The molecule has 1 saturated carbocycles. The van der Waals surface area contributed by atoms with Crippen molar-refractivity contribution in [2.75, 3.05) is 0 Å². The van der Waals surface area contributed by atoms with Gasteiger partial charge in [0, 0.05) is 0 Å². The van der Waals surface area contributed by atoms with Crippen molar-refractivity contribution in [2.24, 2.45) is 5.92 Å². The highest BCUT2D eigenvalue weighted by molar-refractivity contribution is 5.31. The van der Waals surface area contributed by atoms with Gasteiger partial charge in [0.05, 0.1) is 11.2 Å². The smallest absolute Gasteiger partial charge is 0.135 e. The van der Waals surface area contributed by atoms with E-state index in [-0.39, 0.29) is 5.56 Å². The molecule has 2 rings (SSSR count). The summed E-state index contributed by atoms with van der Waals surface area (Å²) in [5.41, 5.74) is -1.21. The van der Waals surface area contributed by atoms with Gasteiger partial charge in [0.1, 0.15) is 11.6 Å². The molecule has 1 aliphatic rings. The van der Waals surface area contributed by atoms with E-state index in [0.717, 1.165) is 12.8 Å². The molecule has 0 saturated heterocycles. The van der Waals surface area contributed by atoms with Crippen LogP contribution in [-0.2, 0) is 5.60 Å². The Kier molecular flexibility index (Phi) is 2.74. The van der Waals surface area contributed by atoms with Gasteiger partial charge in [-0.2, -0.15) is 0 Å². The number of rotatable bonds is 3. The molecule has 0 aromatic heterocycles. The number of benzene rings is 1. The van der Waals surface area contributed by atoms with E-state index < -0.39 is 17.2 Å². The second-order valence-corrected chi connectivity index (χ2v) is 4.97. The maximum Gasteiger partial charge on any atom is 0.135 e. The second-order valence-electron chi connectivity index (χ2n) is 4.97. The van der Waals surface area contributed by atoms with E-state index in [1.165, 1.54) is 19.1 Å². The van der Waals surface area contributed by atoms with Gasteiger partial charge in [0.25, 0.3) is 0 Å². The fourth-order valence-corrected chi connectivity index (χ4v) is 2.14. The van der Waals surface area contributed by atoms with E-state index in [0.29, 0.717) is 17.9 Å². The van der Waals surface area contributed by atoms with Gasteiger partial charge in [0.2, 0.25) is 0 Å². The quantitative estimate of drug-likeness (QED) is 0.838. The Bertz CT molecular complexity index is 409. The third-order valence-electron chi connectivity index (χ3n) is 3.21. The summed E-state index contributed by atoms with van der Waals surface area (Å²) in [4.78, 5) is 0. The van der Waals surface area contributed by atoms with Crippen LogP contribution in [-0.4, -0.2) is 5.11 Å². The van der Waals surface area contributed by atoms with Crippen molar-refractivity contribution in [3.05, 3.63) is 34.9 Å². The molecule has 1 fully saturated rings. The first kappa shape index (κ1) is 11.5. The molecule has 0 spiro atoms. The van der Waals surface area contributed by atoms with Gasteiger partial charge >= 0.3 is 0 Å². The van der Waals surface area contributed by atoms with Crippen molar-refractivity contribution < 1.29 is 13.9 Å². The first-order valence-corrected chi connectivity index (χ1v) is 5.59. The first-order chi connectivity index (χ1) is 7.42. The highest BCUT2D eigenvalue weighted by atomic mass is 19.1. The monoisotopic (exact) mass is 226 g/mol. The average molecular weight is 226 g/mol. The minimum absolute atomic E-state index is 0.181. The van der Waals surface area contributed by atoms with E-state index in [2.05, 4.69) is 0 Å². The lowest BCUT2D eigenvalue weighted by molar-refractivity contribution is 0.0342. The van der Waals surface area contributed by atoms with Crippen LogP contribution in [0.1, 0.15) is 37.3 Å². The van der Waals surface area contributed by atoms with Crippen LogP contribution in [0.5, 0.6) is 0 Å². The van der Waals surface area contributed by atoms with Crippen LogP contribution in [0.15, 0.2) is 12.1 Å². The lowest BCUT2D eigenvalue weighted by Gasteiger charge is -2.25. The van der Waals surface area contributed by atoms with E-state index in [1.54, 1.807) is 6.92 Å². The van der Waals surface area contributed by atoms with Gasteiger partial charge in [0.15, 0.2) is 0 Å². The Labute approximate surface area is 94.1 Å². The lowest BCUT2D eigenvalue weighted by Crippen LogP contribution is -2.25. The maximum atomic E-state index is 13.8. The number of hydrogen-bond acceptors (Lipinski definition) is 1. The highest BCUT2D eigenvalue weighted by Crippen LogP contribution is 2.42. The molecule has 1 nitrogen and oxygen atoms in total. The van der Waals surface area contributed by atoms with Crippen molar-refractivity contribution in [3.8, 4) is 0 Å². The minimum Gasteiger partial charge on any atom is -0.385 e. The van der Waals surface area contributed by atoms with E-state index in [9.17, 15) is 13.9 Å². The Hall–Kier alpha value is -0.960. The average Bonchev–Trinajstić information content (AvgIpc) is 2.94. The zero-order valence-electron chi connectivity index (χ0n) is 9.56. The van der Waals surface area contributed by atoms with Crippen LogP contribution < -0.4 is 0 Å². The van der Waals surface area contributed by atoms with Gasteiger partial charge < -0.3 is 5.11 Å². The predicted octanol–water partition coefficient (Wildman–Crippen LogP) is 3.28. The molecule has 0 aliphatic heterocycles. The van der Waals surface area contributed by atoms with Crippen LogP contribution in [0.25, 0.3) is 0 Å². The van der Waals surface area contributed by atoms with Crippen LogP contribution in [0, 0.1) is 24.5 Å². The molecule has 0 bridgehead atoms. The van der Waals surface area contributed by atoms with Gasteiger partial charge in [-0.15, -0.1) is 0 Å². The molecule has 3 heteroatoms. The summed E-state index contributed by atoms with van der Waals surface area (Å²) >= 11 is 0. The van der Waals surface area contributed by atoms with Crippen LogP contribution in [0.2, 0.25) is 0 Å². The maximum absolute atomic E-state index is 13.8. The number of aliphatic hydroxyl groups is 1. The molecule has 1 N–H and O–H groups in total. The Morgan fingerprint density at radius 3 is 2.56 bits per heavy atom. The third kappa shape index (κ3) is 2.09. The van der Waals surface area contributed by atoms with Crippen molar-refractivity contribution in [2.45, 2.75) is 38.7 Å². The Morgan fingerprint density at radius 2 is 2.00 bits per heavy atom. The fourth-order valence-electron chi connectivity index (χ4n) is 2.14. The zero-order chi connectivity index (χ0) is 11.9. The summed E-state index contributed by atoms with van der Waals surface area (Å²) in [6.07, 6.45) is 2.53. The molecule has 0 amide bonds. The molecular formula is C13H16F2O. The fraction of sp³-hybridized carbons (Fsp3) is 0.538. The normalized spacial score (nSPS) is 19.6. The summed E-state index contributed by atoms with van der Waals surface area (Å²) in [6, 6.07) is 2.61. The Balaban J connectivity index is 2.40. The largest absolute Gasteiger partial charge is 0.385 e. The summed E-state index contributed by atoms with van der Waals surface area (Å²) in [5, 5.41) is 10.2. The molecular weight excluding hydrogens is 210 g/mol. The Morgan fingerprint density at radius 1 is 1.38 bits per heavy atom. The topological polar surface area (TPSA) is 20.2 Å². The van der Waals surface area contributed by atoms with E-state index in [1.807, 2.05) is 0 Å². The standard InChI is InChI=1S/C13H16F2O/c1-8-3-6-10(14)11(12(8)15)13(2,16)7-9-4-5-9/h3,6,9,16H,4-5,7H2,1-2H3. The molecule has 0 heterocycles. The molecule has 1 atom stereocenters. The molecule has 1 aromatic carbocycles. The highest BCUT2D eigenvalue weighted by Gasteiger charge is 2.36. The van der Waals surface area contributed by atoms with E-state index in [4.69, 9.17) is 0 Å². The summed E-state index contributed by atoms with van der Waals surface area (Å²) < 4.78 is 27.4. The molecule has 0 radical (unpaired) electrons. The minimum atomic E-state index is -1.40. The SMILES string of the molecule is Cc1ccc(F)c(C(C)(O)CC2CC2)c1F. The molecule has 16 heavy (non-hydrogen) atoms. The van der Waals surface area contributed by atoms with Crippen molar-refractivity contribution in [1.82, 2.24) is 0 Å². The molecule has 1 aliphatic carbocycles. The van der Waals surface area contributed by atoms with Gasteiger partial charge in [-0.3, -0.25) is 0 Å². The number of hydrogen-bond donors (Lipinski definition) is 1. The second kappa shape index (κ2) is 3.81. The number of halogens is 2. The van der Waals surface area contributed by atoms with Gasteiger partial charge in [-0.1, -0.05) is 18.9 Å². The zero-order valence-corrected chi connectivity index (χ0v) is 9.56. The van der Waals surface area contributed by atoms with Crippen molar-refractivity contribution in [1.29, 1.82) is 0 Å². The van der Waals surface area contributed by atoms with Crippen LogP contribution in [0.3, 0.4) is 0 Å². The summed E-state index contributed by atoms with van der Waals surface area (Å²) in [7, 11) is 0. The first-order valence-electron chi connectivity index (χ1n) is 5.59. The third-order valence-corrected chi connectivity index (χ3v) is 3.21. The van der Waals surface area contributed by atoms with Crippen LogP contribution in [0.4, 0.5) is 8.78 Å². The van der Waals surface area contributed by atoms with E-state index >= 15 is 0 Å². The van der Waals surface area contributed by atoms with Crippen molar-refractivity contribution >= 4 is 0 Å². The molecule has 1 aromatic rings. The number of aryl methyl sites for hydroxylation is 1.